The van der Waals surface area contributed by atoms with E-state index < -0.39 is 72.1 Å². The van der Waals surface area contributed by atoms with Crippen molar-refractivity contribution in [2.75, 3.05) is 13.7 Å². The number of hydrogen-bond donors (Lipinski definition) is 4. The Balaban J connectivity index is 1.98. The first-order valence-electron chi connectivity index (χ1n) is 15.4. The zero-order valence-electron chi connectivity index (χ0n) is 27.8. The van der Waals surface area contributed by atoms with Crippen LogP contribution in [-0.2, 0) is 25.6 Å². The number of halogens is 6. The summed E-state index contributed by atoms with van der Waals surface area (Å²) in [6.07, 6.45) is -5.24. The van der Waals surface area contributed by atoms with Crippen molar-refractivity contribution in [2.45, 2.75) is 50.5 Å². The Kier molecular flexibility index (Phi) is 13.8. The van der Waals surface area contributed by atoms with Crippen LogP contribution in [0.25, 0.3) is 0 Å². The normalized spacial score (nSPS) is 13.2. The van der Waals surface area contributed by atoms with Crippen LogP contribution < -0.4 is 26.0 Å². The van der Waals surface area contributed by atoms with Gasteiger partial charge in [-0.15, -0.1) is 0 Å². The number of hydrogen-bond acceptors (Lipinski definition) is 7. The van der Waals surface area contributed by atoms with E-state index in [9.17, 15) is 51.2 Å². The molecule has 0 heterocycles. The van der Waals surface area contributed by atoms with Crippen molar-refractivity contribution in [2.24, 2.45) is 5.92 Å². The van der Waals surface area contributed by atoms with Crippen LogP contribution in [0.4, 0.5) is 22.0 Å². The van der Waals surface area contributed by atoms with Crippen LogP contribution in [-0.4, -0.2) is 67.2 Å². The predicted octanol–water partition coefficient (Wildman–Crippen LogP) is 4.44. The van der Waals surface area contributed by atoms with Gasteiger partial charge >= 0.3 is 12.1 Å². The molecule has 0 radical (unpaired) electrons. The molecule has 4 N–H and O–H groups in total. The lowest BCUT2D eigenvalue weighted by Crippen LogP contribution is -2.58. The topological polar surface area (TPSA) is 166 Å². The summed E-state index contributed by atoms with van der Waals surface area (Å²) in [5.74, 6) is -13.4. The minimum Gasteiger partial charge on any atom is -0.497 e. The lowest BCUT2D eigenvalue weighted by Gasteiger charge is -2.28. The molecule has 276 valence electrons. The molecule has 0 aliphatic heterocycles. The van der Waals surface area contributed by atoms with Gasteiger partial charge in [0.25, 0.3) is 11.8 Å². The number of carbonyl (C=O) groups is 5. The number of Topliss-reactive ketones (excluding diaryl/α,β-unsaturated/α-hetero) is 1. The molecule has 0 aliphatic rings. The Labute approximate surface area is 299 Å². The molecule has 0 fully saturated rings. The number of ether oxygens (including phenoxy) is 1. The quantitative estimate of drug-likeness (QED) is 0.132. The molecule has 0 aromatic heterocycles. The first-order valence-corrected chi connectivity index (χ1v) is 15.8. The minimum atomic E-state index is -5.05. The lowest BCUT2D eigenvalue weighted by molar-refractivity contribution is -0.165. The van der Waals surface area contributed by atoms with Gasteiger partial charge in [0.2, 0.25) is 17.6 Å². The highest BCUT2D eigenvalue weighted by atomic mass is 35.5. The number of benzene rings is 3. The number of ketones is 1. The molecule has 0 spiro atoms. The largest absolute Gasteiger partial charge is 0.497 e. The van der Waals surface area contributed by atoms with Crippen LogP contribution in [0.2, 0.25) is 5.02 Å². The van der Waals surface area contributed by atoms with Crippen LogP contribution in [0, 0.1) is 17.2 Å². The average Bonchev–Trinajstić information content (AvgIpc) is 3.10. The number of methoxy groups -OCH3 is 1. The standard InChI is InChI=1S/C35H33ClF5N5O6/c1-19(2)27(29(47)35(40,41)33(51)43-18-34(37,38)39)45-32(50)28(22-10-12-25(52-3)13-11-22)46-31(49)26(15-20-6-4-7-21(14-20)17-42)44-30(48)23-8-5-9-24(36)16-23/h4-14,16,19,26-28H,15,18H2,1-3H3,(H,43,51)(H,44,48)(H,45,50)(H,46,49)/t26?,27-,28?/m0/s1. The van der Waals surface area contributed by atoms with Crippen molar-refractivity contribution in [3.8, 4) is 11.8 Å². The first kappa shape index (κ1) is 40.9. The second-order valence-corrected chi connectivity index (χ2v) is 12.2. The highest BCUT2D eigenvalue weighted by molar-refractivity contribution is 6.31. The maximum absolute atomic E-state index is 14.9. The van der Waals surface area contributed by atoms with Crippen molar-refractivity contribution < 1.29 is 50.7 Å². The van der Waals surface area contributed by atoms with Gasteiger partial charge in [-0.3, -0.25) is 24.0 Å². The summed E-state index contributed by atoms with van der Waals surface area (Å²) < 4.78 is 72.6. The molecule has 52 heavy (non-hydrogen) atoms. The third-order valence-electron chi connectivity index (χ3n) is 7.49. The van der Waals surface area contributed by atoms with Gasteiger partial charge in [0.1, 0.15) is 24.4 Å². The Bertz CT molecular complexity index is 1830. The molecule has 0 saturated heterocycles. The molecule has 0 saturated carbocycles. The zero-order valence-corrected chi connectivity index (χ0v) is 28.6. The minimum absolute atomic E-state index is 0.0580. The van der Waals surface area contributed by atoms with E-state index in [0.29, 0.717) is 11.3 Å². The van der Waals surface area contributed by atoms with E-state index in [4.69, 9.17) is 16.3 Å². The zero-order chi connectivity index (χ0) is 38.8. The summed E-state index contributed by atoms with van der Waals surface area (Å²) in [6.45, 7) is 0.351. The fourth-order valence-corrected chi connectivity index (χ4v) is 4.98. The summed E-state index contributed by atoms with van der Waals surface area (Å²) >= 11 is 6.03. The monoisotopic (exact) mass is 749 g/mol. The van der Waals surface area contributed by atoms with E-state index in [-0.39, 0.29) is 28.1 Å². The molecule has 0 bridgehead atoms. The van der Waals surface area contributed by atoms with E-state index in [1.54, 1.807) is 12.1 Å². The second kappa shape index (κ2) is 17.6. The molecule has 3 atom stereocenters. The van der Waals surface area contributed by atoms with Crippen molar-refractivity contribution >= 4 is 41.0 Å². The second-order valence-electron chi connectivity index (χ2n) is 11.7. The Morgan fingerprint density at radius 2 is 1.52 bits per heavy atom. The fraction of sp³-hybridized carbons (Fsp3) is 0.314. The molecule has 3 aromatic rings. The Morgan fingerprint density at radius 3 is 2.10 bits per heavy atom. The van der Waals surface area contributed by atoms with Gasteiger partial charge in [-0.05, 0) is 59.5 Å². The van der Waals surface area contributed by atoms with Crippen LogP contribution >= 0.6 is 11.6 Å². The molecule has 0 aliphatic carbocycles. The van der Waals surface area contributed by atoms with E-state index in [1.807, 2.05) is 6.07 Å². The highest BCUT2D eigenvalue weighted by Gasteiger charge is 2.52. The first-order chi connectivity index (χ1) is 24.4. The van der Waals surface area contributed by atoms with E-state index in [2.05, 4.69) is 16.0 Å². The van der Waals surface area contributed by atoms with Crippen LogP contribution in [0.1, 0.15) is 46.9 Å². The van der Waals surface area contributed by atoms with Gasteiger partial charge in [0.05, 0.1) is 24.8 Å². The van der Waals surface area contributed by atoms with Gasteiger partial charge < -0.3 is 26.0 Å². The number of amides is 4. The van der Waals surface area contributed by atoms with Crippen LogP contribution in [0.5, 0.6) is 5.75 Å². The number of carbonyl (C=O) groups excluding carboxylic acids is 5. The number of nitrogens with one attached hydrogen (secondary N) is 4. The maximum Gasteiger partial charge on any atom is 0.405 e. The predicted molar refractivity (Wildman–Crippen MR) is 177 cm³/mol. The lowest BCUT2D eigenvalue weighted by atomic mass is 9.94. The van der Waals surface area contributed by atoms with Gasteiger partial charge in [-0.1, -0.05) is 55.8 Å². The SMILES string of the molecule is COc1ccc(C(NC(=O)C(Cc2cccc(C#N)c2)NC(=O)c2cccc(Cl)c2)C(=O)N[C@H](C(=O)C(F)(F)C(=O)NCC(F)(F)F)C(C)C)cc1. The molecular formula is C35H33ClF5N5O6. The van der Waals surface area contributed by atoms with Gasteiger partial charge in [0, 0.05) is 17.0 Å². The molecule has 3 aromatic carbocycles. The fourth-order valence-electron chi connectivity index (χ4n) is 4.79. The smallest absolute Gasteiger partial charge is 0.405 e. The van der Waals surface area contributed by atoms with Gasteiger partial charge in [-0.25, -0.2) is 0 Å². The molecule has 4 amide bonds. The number of rotatable bonds is 15. The third kappa shape index (κ3) is 11.2. The summed E-state index contributed by atoms with van der Waals surface area (Å²) in [5, 5.41) is 17.7. The number of alkyl halides is 5. The Hall–Kier alpha value is -5.56. The molecular weight excluding hydrogens is 717 g/mol. The van der Waals surface area contributed by atoms with E-state index in [1.165, 1.54) is 81.6 Å². The molecule has 17 heteroatoms. The number of nitrogens with zero attached hydrogens (tertiary/aromatic N) is 1. The third-order valence-corrected chi connectivity index (χ3v) is 7.73. The van der Waals surface area contributed by atoms with Crippen molar-refractivity contribution in [1.82, 2.24) is 21.3 Å². The molecule has 3 rings (SSSR count). The highest BCUT2D eigenvalue weighted by Crippen LogP contribution is 2.24. The summed E-state index contributed by atoms with van der Waals surface area (Å²) in [5.41, 5.74) is 0.829. The summed E-state index contributed by atoms with van der Waals surface area (Å²) in [7, 11) is 1.36. The Morgan fingerprint density at radius 1 is 0.865 bits per heavy atom. The molecule has 2 unspecified atom stereocenters. The molecule has 11 nitrogen and oxygen atoms in total. The average molecular weight is 750 g/mol. The van der Waals surface area contributed by atoms with Crippen molar-refractivity contribution in [3.05, 3.63) is 100 Å². The van der Waals surface area contributed by atoms with Crippen LogP contribution in [0.15, 0.2) is 72.8 Å². The summed E-state index contributed by atoms with van der Waals surface area (Å²) in [6, 6.07) is 14.2. The van der Waals surface area contributed by atoms with Gasteiger partial charge in [0.15, 0.2) is 0 Å². The van der Waals surface area contributed by atoms with Crippen molar-refractivity contribution in [3.63, 3.8) is 0 Å². The van der Waals surface area contributed by atoms with Crippen molar-refractivity contribution in [1.29, 1.82) is 5.26 Å². The van der Waals surface area contributed by atoms with E-state index in [0.717, 1.165) is 5.32 Å². The number of nitriles is 1. The maximum atomic E-state index is 14.9. The van der Waals surface area contributed by atoms with E-state index >= 15 is 0 Å². The summed E-state index contributed by atoms with van der Waals surface area (Å²) in [4.78, 5) is 65.9. The van der Waals surface area contributed by atoms with Crippen LogP contribution in [0.3, 0.4) is 0 Å². The van der Waals surface area contributed by atoms with Gasteiger partial charge in [-0.2, -0.15) is 27.2 Å².